The second-order valence-electron chi connectivity index (χ2n) is 10.7. The van der Waals surface area contributed by atoms with Gasteiger partial charge in [0.15, 0.2) is 0 Å². The number of fused-ring (bicyclic) bond motifs is 1. The number of aromatic nitrogens is 3. The Balaban J connectivity index is 1.52. The van der Waals surface area contributed by atoms with Crippen molar-refractivity contribution in [3.05, 3.63) is 106 Å². The highest BCUT2D eigenvalue weighted by atomic mass is 19.3. The van der Waals surface area contributed by atoms with Gasteiger partial charge in [-0.05, 0) is 73.1 Å². The lowest BCUT2D eigenvalue weighted by atomic mass is 9.88. The molecule has 2 aromatic heterocycles. The fraction of sp³-hybridized carbons (Fsp3) is 0.290. The molecule has 2 atom stereocenters. The molecule has 0 fully saturated rings. The molecule has 0 bridgehead atoms. The van der Waals surface area contributed by atoms with Gasteiger partial charge in [-0.15, -0.1) is 0 Å². The van der Waals surface area contributed by atoms with Crippen LogP contribution in [0.5, 0.6) is 0 Å². The molecule has 3 N–H and O–H groups in total. The van der Waals surface area contributed by atoms with Crippen LogP contribution in [0.4, 0.5) is 22.0 Å². The number of alkyl halides is 2. The van der Waals surface area contributed by atoms with E-state index in [1.54, 1.807) is 12.1 Å². The molecule has 1 aliphatic rings. The van der Waals surface area contributed by atoms with E-state index in [1.165, 1.54) is 23.0 Å². The third-order valence-electron chi connectivity index (χ3n) is 7.54. The zero-order chi connectivity index (χ0) is 30.8. The third-order valence-corrected chi connectivity index (χ3v) is 7.54. The van der Waals surface area contributed by atoms with E-state index in [9.17, 15) is 31.5 Å². The summed E-state index contributed by atoms with van der Waals surface area (Å²) in [4.78, 5) is 29.7. The number of benzene rings is 2. The first kappa shape index (κ1) is 29.9. The van der Waals surface area contributed by atoms with Crippen LogP contribution in [0, 0.1) is 23.4 Å². The topological polar surface area (TPSA) is 103 Å². The van der Waals surface area contributed by atoms with Crippen molar-refractivity contribution in [2.24, 2.45) is 11.7 Å². The minimum Gasteiger partial charge on any atom is -0.366 e. The lowest BCUT2D eigenvalue weighted by molar-refractivity contribution is -0.122. The molecule has 2 heterocycles. The van der Waals surface area contributed by atoms with E-state index in [1.807, 2.05) is 6.92 Å². The molecular weight excluding hydrogens is 569 g/mol. The molecule has 2 aromatic carbocycles. The summed E-state index contributed by atoms with van der Waals surface area (Å²) in [5, 5.41) is 6.89. The van der Waals surface area contributed by atoms with Crippen LogP contribution in [0.15, 0.2) is 54.7 Å². The molecule has 7 nitrogen and oxygen atoms in total. The van der Waals surface area contributed by atoms with Crippen LogP contribution in [0.2, 0.25) is 0 Å². The predicted octanol–water partition coefficient (Wildman–Crippen LogP) is 5.62. The third kappa shape index (κ3) is 6.58. The molecule has 12 heteroatoms. The summed E-state index contributed by atoms with van der Waals surface area (Å²) < 4.78 is 71.2. The maximum atomic E-state index is 14.2. The number of nitrogens with one attached hydrogen (secondary N) is 1. The van der Waals surface area contributed by atoms with E-state index in [2.05, 4.69) is 15.4 Å². The maximum absolute atomic E-state index is 14.2. The zero-order valence-electron chi connectivity index (χ0n) is 23.1. The highest BCUT2D eigenvalue weighted by molar-refractivity contribution is 5.94. The molecular formula is C31H28F5N5O2. The van der Waals surface area contributed by atoms with E-state index >= 15 is 0 Å². The molecule has 4 aromatic rings. The van der Waals surface area contributed by atoms with Crippen molar-refractivity contribution in [3.8, 4) is 11.1 Å². The maximum Gasteiger partial charge on any atom is 0.282 e. The van der Waals surface area contributed by atoms with Crippen molar-refractivity contribution < 1.29 is 31.5 Å². The average Bonchev–Trinajstić information content (AvgIpc) is 3.29. The normalized spacial score (nSPS) is 15.3. The molecule has 0 aliphatic heterocycles. The summed E-state index contributed by atoms with van der Waals surface area (Å²) in [6.45, 7) is 1.62. The number of carbonyl (C=O) groups is 2. The molecule has 0 spiro atoms. The molecule has 224 valence electrons. The number of hydrogen-bond donors (Lipinski definition) is 2. The Morgan fingerprint density at radius 1 is 1.07 bits per heavy atom. The van der Waals surface area contributed by atoms with Gasteiger partial charge < -0.3 is 11.1 Å². The minimum absolute atomic E-state index is 0.106. The number of halogens is 5. The highest BCUT2D eigenvalue weighted by Gasteiger charge is 2.30. The van der Waals surface area contributed by atoms with Gasteiger partial charge in [0.05, 0.1) is 17.3 Å². The summed E-state index contributed by atoms with van der Waals surface area (Å²) in [5.41, 5.74) is 6.90. The Morgan fingerprint density at radius 3 is 2.51 bits per heavy atom. The van der Waals surface area contributed by atoms with Gasteiger partial charge in [-0.1, -0.05) is 19.1 Å². The van der Waals surface area contributed by atoms with E-state index in [0.29, 0.717) is 35.2 Å². The molecule has 0 saturated heterocycles. The number of nitrogens with zero attached hydrogens (tertiary/aromatic N) is 3. The Hall–Kier alpha value is -4.61. The van der Waals surface area contributed by atoms with Crippen molar-refractivity contribution in [1.29, 1.82) is 0 Å². The molecule has 0 saturated carbocycles. The fourth-order valence-electron chi connectivity index (χ4n) is 5.56. The van der Waals surface area contributed by atoms with Crippen molar-refractivity contribution in [2.45, 2.75) is 51.6 Å². The lowest BCUT2D eigenvalue weighted by Crippen LogP contribution is -2.34. The first-order valence-corrected chi connectivity index (χ1v) is 13.7. The standard InChI is InChI=1S/C31H28F5N5O2/c1-16-4-6-22-26(9-16)41(40-29(22)30(35)36)15-27(42)39-25(12-17-10-19(32)14-20(33)11-17)28-21(3-2-8-38-28)18-5-7-24(34)23(13-18)31(37)43/h2-3,5,7-8,10-11,13-14,16,25,30H,4,6,9,12,15H2,1H3,(H2,37,43)(H,39,42). The Morgan fingerprint density at radius 2 is 1.81 bits per heavy atom. The highest BCUT2D eigenvalue weighted by Crippen LogP contribution is 2.33. The van der Waals surface area contributed by atoms with Gasteiger partial charge in [0.25, 0.3) is 12.3 Å². The van der Waals surface area contributed by atoms with E-state index < -0.39 is 41.7 Å². The van der Waals surface area contributed by atoms with E-state index in [4.69, 9.17) is 5.73 Å². The SMILES string of the molecule is CC1CCc2c(C(F)F)nn(CC(=O)NC(Cc3cc(F)cc(F)c3)c3ncccc3-c3ccc(F)c(C(N)=O)c3)c2C1. The largest absolute Gasteiger partial charge is 0.366 e. The second kappa shape index (κ2) is 12.3. The zero-order valence-corrected chi connectivity index (χ0v) is 23.1. The number of nitrogens with two attached hydrogens (primary N) is 1. The first-order chi connectivity index (χ1) is 20.5. The number of pyridine rings is 1. The van der Waals surface area contributed by atoms with Crippen LogP contribution >= 0.6 is 0 Å². The van der Waals surface area contributed by atoms with Crippen LogP contribution in [-0.2, 0) is 30.6 Å². The molecule has 1 aliphatic carbocycles. The summed E-state index contributed by atoms with van der Waals surface area (Å²) >= 11 is 0. The molecule has 5 rings (SSSR count). The number of amides is 2. The molecule has 2 unspecified atom stereocenters. The summed E-state index contributed by atoms with van der Waals surface area (Å²) in [7, 11) is 0. The Labute approximate surface area is 243 Å². The quantitative estimate of drug-likeness (QED) is 0.245. The van der Waals surface area contributed by atoms with Crippen LogP contribution in [0.1, 0.15) is 64.4 Å². The summed E-state index contributed by atoms with van der Waals surface area (Å²) in [6.07, 6.45) is 0.215. The van der Waals surface area contributed by atoms with Crippen molar-refractivity contribution >= 4 is 11.8 Å². The monoisotopic (exact) mass is 597 g/mol. The number of hydrogen-bond acceptors (Lipinski definition) is 4. The average molecular weight is 598 g/mol. The second-order valence-corrected chi connectivity index (χ2v) is 10.7. The van der Waals surface area contributed by atoms with Crippen LogP contribution < -0.4 is 11.1 Å². The molecule has 43 heavy (non-hydrogen) atoms. The lowest BCUT2D eigenvalue weighted by Gasteiger charge is -2.23. The number of carbonyl (C=O) groups excluding carboxylic acids is 2. The minimum atomic E-state index is -2.79. The summed E-state index contributed by atoms with van der Waals surface area (Å²) in [6, 6.07) is 8.93. The number of rotatable bonds is 9. The van der Waals surface area contributed by atoms with E-state index in [0.717, 1.165) is 30.7 Å². The van der Waals surface area contributed by atoms with Gasteiger partial charge in [-0.25, -0.2) is 22.0 Å². The van der Waals surface area contributed by atoms with Gasteiger partial charge in [0.1, 0.15) is 29.7 Å². The predicted molar refractivity (Wildman–Crippen MR) is 147 cm³/mol. The van der Waals surface area contributed by atoms with Crippen LogP contribution in [-0.4, -0.2) is 26.6 Å². The van der Waals surface area contributed by atoms with Gasteiger partial charge in [-0.3, -0.25) is 19.3 Å². The molecule has 0 radical (unpaired) electrons. The van der Waals surface area contributed by atoms with Crippen molar-refractivity contribution in [3.63, 3.8) is 0 Å². The van der Waals surface area contributed by atoms with E-state index in [-0.39, 0.29) is 41.4 Å². The first-order valence-electron chi connectivity index (χ1n) is 13.7. The van der Waals surface area contributed by atoms with Crippen molar-refractivity contribution in [1.82, 2.24) is 20.1 Å². The van der Waals surface area contributed by atoms with Crippen molar-refractivity contribution in [2.75, 3.05) is 0 Å². The van der Waals surface area contributed by atoms with Gasteiger partial charge in [-0.2, -0.15) is 5.10 Å². The Kier molecular flexibility index (Phi) is 8.56. The smallest absolute Gasteiger partial charge is 0.282 e. The van der Waals surface area contributed by atoms with Crippen LogP contribution in [0.25, 0.3) is 11.1 Å². The summed E-state index contributed by atoms with van der Waals surface area (Å²) in [5.74, 6) is -3.80. The number of primary amides is 1. The fourth-order valence-corrected chi connectivity index (χ4v) is 5.56. The van der Waals surface area contributed by atoms with Gasteiger partial charge >= 0.3 is 0 Å². The molecule has 2 amide bonds. The van der Waals surface area contributed by atoms with Crippen LogP contribution in [0.3, 0.4) is 0 Å². The van der Waals surface area contributed by atoms with Gasteiger partial charge in [0, 0.05) is 29.1 Å². The van der Waals surface area contributed by atoms with Gasteiger partial charge in [0.2, 0.25) is 5.91 Å². The Bertz CT molecular complexity index is 1670.